The Labute approximate surface area is 227 Å². The number of phenolic OH excluding ortho intramolecular Hbond substituents is 1. The zero-order valence-electron chi connectivity index (χ0n) is 20.9. The molecule has 2 bridgehead atoms. The molecule has 37 heavy (non-hydrogen) atoms. The summed E-state index contributed by atoms with van der Waals surface area (Å²) in [7, 11) is 1.83. The number of likely N-dealkylation sites (N-methyl/N-ethyl adjacent to an activating group) is 1. The van der Waals surface area contributed by atoms with Gasteiger partial charge in [0, 0.05) is 25.2 Å². The van der Waals surface area contributed by atoms with E-state index in [0.717, 1.165) is 48.5 Å². The van der Waals surface area contributed by atoms with Gasteiger partial charge in [0.05, 0.1) is 33.5 Å². The summed E-state index contributed by atoms with van der Waals surface area (Å²) in [6, 6.07) is 8.81. The number of rotatable bonds is 5. The van der Waals surface area contributed by atoms with E-state index < -0.39 is 17.1 Å². The van der Waals surface area contributed by atoms with Crippen LogP contribution < -0.4 is 4.74 Å². The summed E-state index contributed by atoms with van der Waals surface area (Å²) >= 11 is 12.3. The van der Waals surface area contributed by atoms with E-state index in [9.17, 15) is 15.0 Å². The number of ether oxygens (including phenoxy) is 1. The van der Waals surface area contributed by atoms with Gasteiger partial charge >= 0.3 is 0 Å². The van der Waals surface area contributed by atoms with Crippen LogP contribution in [0.4, 0.5) is 0 Å². The van der Waals surface area contributed by atoms with E-state index in [1.807, 2.05) is 19.2 Å². The van der Waals surface area contributed by atoms with Crippen LogP contribution in [-0.4, -0.2) is 69.8 Å². The van der Waals surface area contributed by atoms with Crippen LogP contribution in [0, 0.1) is 5.92 Å². The van der Waals surface area contributed by atoms with Crippen molar-refractivity contribution in [3.8, 4) is 11.5 Å². The van der Waals surface area contributed by atoms with Gasteiger partial charge in [-0.25, -0.2) is 0 Å². The Bertz CT molecular complexity index is 1300. The summed E-state index contributed by atoms with van der Waals surface area (Å²) in [5.74, 6) is 1.33. The molecule has 2 N–H and O–H groups in total. The van der Waals surface area contributed by atoms with E-state index in [4.69, 9.17) is 27.9 Å². The van der Waals surface area contributed by atoms with Crippen molar-refractivity contribution in [2.24, 2.45) is 5.92 Å². The van der Waals surface area contributed by atoms with Crippen molar-refractivity contribution < 1.29 is 19.7 Å². The van der Waals surface area contributed by atoms with Crippen molar-refractivity contribution in [2.75, 3.05) is 20.1 Å². The van der Waals surface area contributed by atoms with E-state index in [0.29, 0.717) is 28.6 Å². The first-order valence-electron chi connectivity index (χ1n) is 13.4. The highest BCUT2D eigenvalue weighted by Crippen LogP contribution is 2.66. The minimum absolute atomic E-state index is 0.0223. The number of amides is 1. The Balaban J connectivity index is 1.25. The van der Waals surface area contributed by atoms with E-state index in [-0.39, 0.29) is 30.2 Å². The van der Waals surface area contributed by atoms with Gasteiger partial charge in [0.1, 0.15) is 6.10 Å². The highest BCUT2D eigenvalue weighted by molar-refractivity contribution is 6.42. The molecule has 0 aromatic heterocycles. The second-order valence-corrected chi connectivity index (χ2v) is 12.6. The van der Waals surface area contributed by atoms with Crippen LogP contribution in [0.25, 0.3) is 0 Å². The van der Waals surface area contributed by atoms with Crippen LogP contribution in [0.15, 0.2) is 30.3 Å². The highest BCUT2D eigenvalue weighted by atomic mass is 35.5. The number of carbonyl (C=O) groups is 1. The quantitative estimate of drug-likeness (QED) is 0.588. The lowest BCUT2D eigenvalue weighted by Crippen LogP contribution is -2.78. The van der Waals surface area contributed by atoms with Gasteiger partial charge in [0.25, 0.3) is 0 Å². The summed E-state index contributed by atoms with van der Waals surface area (Å²) < 4.78 is 6.61. The van der Waals surface area contributed by atoms with Gasteiger partial charge in [-0.05, 0) is 80.3 Å². The molecule has 3 fully saturated rings. The number of benzene rings is 2. The van der Waals surface area contributed by atoms with E-state index in [1.54, 1.807) is 23.1 Å². The normalized spacial score (nSPS) is 33.6. The van der Waals surface area contributed by atoms with E-state index >= 15 is 0 Å². The molecule has 5 aliphatic rings. The zero-order valence-corrected chi connectivity index (χ0v) is 22.4. The molecule has 8 heteroatoms. The standard InChI is InChI=1S/C29H32Cl2N2O4/c1-32(24(35)13-17-4-6-19(30)20(31)12-17)21-8-9-29(36)23-14-18-5-7-22(34)26-25(18)28(29,27(21)37-26)10-11-33(23)15-16-2-3-16/h4-7,12,16,21,23,27,34,36H,2-3,8-11,13-15H2,1H3/t21?,23-,27?,28-,29?/m0/s1. The zero-order chi connectivity index (χ0) is 25.7. The molecule has 7 rings (SSSR count). The van der Waals surface area contributed by atoms with Gasteiger partial charge in [-0.2, -0.15) is 0 Å². The Morgan fingerprint density at radius 2 is 1.97 bits per heavy atom. The largest absolute Gasteiger partial charge is 0.504 e. The maximum atomic E-state index is 13.5. The number of nitrogens with zero attached hydrogens (tertiary/aromatic N) is 2. The lowest BCUT2D eigenvalue weighted by Gasteiger charge is -2.64. The van der Waals surface area contributed by atoms with Gasteiger partial charge in [-0.15, -0.1) is 0 Å². The molecule has 3 aliphatic carbocycles. The van der Waals surface area contributed by atoms with Gasteiger partial charge < -0.3 is 19.8 Å². The van der Waals surface area contributed by atoms with E-state index in [1.165, 1.54) is 12.8 Å². The van der Waals surface area contributed by atoms with Crippen molar-refractivity contribution in [2.45, 2.75) is 74.1 Å². The van der Waals surface area contributed by atoms with Crippen LogP contribution in [0.5, 0.6) is 11.5 Å². The van der Waals surface area contributed by atoms with Crippen LogP contribution in [0.2, 0.25) is 10.0 Å². The Hall–Kier alpha value is -1.99. The summed E-state index contributed by atoms with van der Waals surface area (Å²) in [4.78, 5) is 17.8. The molecule has 2 aromatic carbocycles. The molecule has 6 nitrogen and oxygen atoms in total. The van der Waals surface area contributed by atoms with Crippen LogP contribution in [-0.2, 0) is 23.1 Å². The van der Waals surface area contributed by atoms with Crippen molar-refractivity contribution in [1.82, 2.24) is 9.80 Å². The maximum Gasteiger partial charge on any atom is 0.227 e. The molecule has 1 amide bonds. The van der Waals surface area contributed by atoms with Crippen molar-refractivity contribution in [3.63, 3.8) is 0 Å². The Morgan fingerprint density at radius 3 is 2.73 bits per heavy atom. The average molecular weight is 543 g/mol. The van der Waals surface area contributed by atoms with Crippen molar-refractivity contribution in [1.29, 1.82) is 0 Å². The number of aromatic hydroxyl groups is 1. The third-order valence-electron chi connectivity index (χ3n) is 9.96. The third kappa shape index (κ3) is 3.35. The first-order valence-corrected chi connectivity index (χ1v) is 14.2. The molecule has 5 atom stereocenters. The van der Waals surface area contributed by atoms with Crippen molar-refractivity contribution >= 4 is 29.1 Å². The smallest absolute Gasteiger partial charge is 0.227 e. The lowest BCUT2D eigenvalue weighted by atomic mass is 9.48. The molecule has 1 saturated heterocycles. The molecule has 196 valence electrons. The average Bonchev–Trinajstić information content (AvgIpc) is 3.61. The van der Waals surface area contributed by atoms with Crippen LogP contribution in [0.1, 0.15) is 48.8 Å². The minimum atomic E-state index is -0.957. The maximum absolute atomic E-state index is 13.5. The van der Waals surface area contributed by atoms with E-state index in [2.05, 4.69) is 4.90 Å². The van der Waals surface area contributed by atoms with Gasteiger partial charge in [-0.3, -0.25) is 9.69 Å². The van der Waals surface area contributed by atoms with Crippen LogP contribution in [0.3, 0.4) is 0 Å². The SMILES string of the molecule is CN(C(=O)Cc1ccc(Cl)c(Cl)c1)C1CCC2(O)[C@@H]3Cc4ccc(O)c5c4[C@@]2(CCN3CC2CC2)C1O5. The first-order chi connectivity index (χ1) is 17.7. The third-order valence-corrected chi connectivity index (χ3v) is 10.7. The molecular formula is C29H32Cl2N2O4. The fourth-order valence-corrected chi connectivity index (χ4v) is 8.31. The number of aliphatic hydroxyl groups is 1. The van der Waals surface area contributed by atoms with Crippen molar-refractivity contribution in [3.05, 3.63) is 57.1 Å². The molecule has 0 radical (unpaired) electrons. The minimum Gasteiger partial charge on any atom is -0.504 e. The number of hydrogen-bond donors (Lipinski definition) is 2. The van der Waals surface area contributed by atoms with Gasteiger partial charge in [-0.1, -0.05) is 35.3 Å². The lowest BCUT2D eigenvalue weighted by molar-refractivity contribution is -0.200. The molecule has 2 saturated carbocycles. The van der Waals surface area contributed by atoms with Crippen LogP contribution >= 0.6 is 23.2 Å². The predicted octanol–water partition coefficient (Wildman–Crippen LogP) is 4.33. The Kier molecular flexibility index (Phi) is 5.37. The molecule has 1 spiro atoms. The summed E-state index contributed by atoms with van der Waals surface area (Å²) in [5, 5.41) is 24.3. The number of carbonyl (C=O) groups excluding carboxylic acids is 1. The predicted molar refractivity (Wildman–Crippen MR) is 142 cm³/mol. The number of halogens is 2. The molecular weight excluding hydrogens is 511 g/mol. The summed E-state index contributed by atoms with van der Waals surface area (Å²) in [6.45, 7) is 1.94. The second-order valence-electron chi connectivity index (χ2n) is 11.8. The number of hydrogen-bond acceptors (Lipinski definition) is 5. The molecule has 3 unspecified atom stereocenters. The second kappa shape index (κ2) is 8.25. The first kappa shape index (κ1) is 24.1. The van der Waals surface area contributed by atoms with Gasteiger partial charge in [0.2, 0.25) is 5.91 Å². The number of phenols is 1. The highest BCUT2D eigenvalue weighted by Gasteiger charge is 2.73. The monoisotopic (exact) mass is 542 g/mol. The molecule has 2 aliphatic heterocycles. The Morgan fingerprint density at radius 1 is 1.16 bits per heavy atom. The fourth-order valence-electron chi connectivity index (χ4n) is 7.99. The molecule has 2 heterocycles. The number of piperidine rings is 1. The van der Waals surface area contributed by atoms with Gasteiger partial charge in [0.15, 0.2) is 11.5 Å². The molecule has 2 aromatic rings. The fraction of sp³-hybridized carbons (Fsp3) is 0.552. The topological polar surface area (TPSA) is 73.2 Å². The number of likely N-dealkylation sites (tertiary alicyclic amines) is 1. The summed E-state index contributed by atoms with van der Waals surface area (Å²) in [5.41, 5.74) is 1.35. The summed E-state index contributed by atoms with van der Waals surface area (Å²) in [6.07, 6.45) is 5.11.